The topological polar surface area (TPSA) is 3.24 Å². The first-order valence-electron chi connectivity index (χ1n) is 22.6. The molecule has 1 nitrogen and oxygen atoms in total. The van der Waals surface area contributed by atoms with Crippen molar-refractivity contribution in [2.45, 2.75) is 12.3 Å². The monoisotopic (exact) mass is 827 g/mol. The molecule has 0 radical (unpaired) electrons. The van der Waals surface area contributed by atoms with Crippen molar-refractivity contribution in [1.82, 2.24) is 0 Å². The van der Waals surface area contributed by atoms with Crippen molar-refractivity contribution in [3.63, 3.8) is 0 Å². The van der Waals surface area contributed by atoms with Crippen LogP contribution in [0.4, 0.5) is 17.1 Å². The molecule has 1 aliphatic rings. The van der Waals surface area contributed by atoms with Gasteiger partial charge in [-0.3, -0.25) is 0 Å². The first-order chi connectivity index (χ1) is 32.1. The minimum Gasteiger partial charge on any atom is -0.310 e. The Hall–Kier alpha value is -8.26. The molecule has 0 aliphatic heterocycles. The number of nitrogens with zero attached hydrogens (tertiary/aromatic N) is 1. The van der Waals surface area contributed by atoms with Gasteiger partial charge in [0, 0.05) is 22.4 Å². The Morgan fingerprint density at radius 3 is 1.54 bits per heavy atom. The third-order valence-electron chi connectivity index (χ3n) is 13.7. The van der Waals surface area contributed by atoms with E-state index in [9.17, 15) is 0 Å². The molecule has 0 bridgehead atoms. The second-order valence-corrected chi connectivity index (χ2v) is 17.3. The van der Waals surface area contributed by atoms with Crippen LogP contribution in [0.3, 0.4) is 0 Å². The molecule has 0 heterocycles. The molecule has 65 heavy (non-hydrogen) atoms. The van der Waals surface area contributed by atoms with E-state index in [1.807, 2.05) is 0 Å². The van der Waals surface area contributed by atoms with E-state index in [1.54, 1.807) is 0 Å². The van der Waals surface area contributed by atoms with E-state index < -0.39 is 0 Å². The Morgan fingerprint density at radius 2 is 0.815 bits per heavy atom. The number of para-hydroxylation sites is 1. The molecule has 0 saturated heterocycles. The van der Waals surface area contributed by atoms with Crippen LogP contribution >= 0.6 is 0 Å². The summed E-state index contributed by atoms with van der Waals surface area (Å²) >= 11 is 0. The maximum Gasteiger partial charge on any atom is 0.0540 e. The Kier molecular flexibility index (Phi) is 9.35. The molecule has 11 aromatic carbocycles. The van der Waals surface area contributed by atoms with Crippen molar-refractivity contribution in [1.29, 1.82) is 0 Å². The predicted molar refractivity (Wildman–Crippen MR) is 275 cm³/mol. The molecular formula is C64H45N. The van der Waals surface area contributed by atoms with Gasteiger partial charge in [-0.2, -0.15) is 0 Å². The lowest BCUT2D eigenvalue weighted by Gasteiger charge is -2.32. The Bertz CT molecular complexity index is 3540. The normalized spacial score (nSPS) is 14.0. The molecule has 0 saturated carbocycles. The standard InChI is InChI=1S/C64H45N/c1-64(49-28-12-5-13-29-49)59-35-18-16-33-55(59)56-40-38-51(43-60(56)64)65(50-30-20-27-47(41-50)44-21-6-2-7-22-44)61-36-19-17-31-52(61)48-37-39-54-53-32-14-15-34-57(53)62(45-23-8-3-9-24-45)63(58(54)42-48)46-25-10-4-11-26-46/h2-43H,1H3. The largest absolute Gasteiger partial charge is 0.310 e. The van der Waals surface area contributed by atoms with Gasteiger partial charge in [0.05, 0.1) is 5.69 Å². The molecule has 0 N–H and O–H groups in total. The average Bonchev–Trinajstić information content (AvgIpc) is 3.65. The van der Waals surface area contributed by atoms with Crippen LogP contribution in [0.1, 0.15) is 23.6 Å². The van der Waals surface area contributed by atoms with Gasteiger partial charge < -0.3 is 4.90 Å². The minimum atomic E-state index is -0.342. The Labute approximate surface area is 381 Å². The zero-order valence-corrected chi connectivity index (χ0v) is 36.2. The Morgan fingerprint density at radius 1 is 0.292 bits per heavy atom. The van der Waals surface area contributed by atoms with Gasteiger partial charge in [0.1, 0.15) is 0 Å². The van der Waals surface area contributed by atoms with Gasteiger partial charge in [0.25, 0.3) is 0 Å². The predicted octanol–water partition coefficient (Wildman–Crippen LogP) is 17.5. The summed E-state index contributed by atoms with van der Waals surface area (Å²) in [5.41, 5.74) is 19.1. The SMILES string of the molecule is CC1(c2ccccc2)c2ccccc2-c2ccc(N(c3cccc(-c4ccccc4)c3)c3ccccc3-c3ccc4c(c3)c(-c3ccccc3)c(-c3ccccc3)c3ccccc34)cc21. The van der Waals surface area contributed by atoms with E-state index in [2.05, 4.69) is 267 Å². The van der Waals surface area contributed by atoms with Crippen molar-refractivity contribution in [2.24, 2.45) is 0 Å². The highest BCUT2D eigenvalue weighted by Crippen LogP contribution is 2.55. The summed E-state index contributed by atoms with van der Waals surface area (Å²) in [5.74, 6) is 0. The van der Waals surface area contributed by atoms with E-state index in [0.29, 0.717) is 0 Å². The lowest BCUT2D eigenvalue weighted by molar-refractivity contribution is 0.714. The maximum atomic E-state index is 2.48. The van der Waals surface area contributed by atoms with Crippen molar-refractivity contribution in [3.05, 3.63) is 271 Å². The minimum absolute atomic E-state index is 0.342. The summed E-state index contributed by atoms with van der Waals surface area (Å²) in [4.78, 5) is 2.48. The van der Waals surface area contributed by atoms with Crippen LogP contribution in [-0.2, 0) is 5.41 Å². The van der Waals surface area contributed by atoms with Gasteiger partial charge in [-0.05, 0) is 132 Å². The van der Waals surface area contributed by atoms with Crippen LogP contribution in [0.15, 0.2) is 255 Å². The summed E-state index contributed by atoms with van der Waals surface area (Å²) < 4.78 is 0. The highest BCUT2D eigenvalue weighted by Gasteiger charge is 2.41. The molecule has 0 amide bonds. The zero-order chi connectivity index (χ0) is 43.3. The fourth-order valence-electron chi connectivity index (χ4n) is 10.7. The highest BCUT2D eigenvalue weighted by molar-refractivity contribution is 6.22. The molecule has 0 aromatic heterocycles. The van der Waals surface area contributed by atoms with Gasteiger partial charge in [-0.15, -0.1) is 0 Å². The van der Waals surface area contributed by atoms with Crippen LogP contribution in [0.25, 0.3) is 77.2 Å². The molecular weight excluding hydrogens is 783 g/mol. The third kappa shape index (κ3) is 6.39. The number of rotatable bonds is 8. The fourth-order valence-corrected chi connectivity index (χ4v) is 10.7. The van der Waals surface area contributed by atoms with Gasteiger partial charge in [-0.1, -0.05) is 218 Å². The van der Waals surface area contributed by atoms with Gasteiger partial charge in [0.2, 0.25) is 0 Å². The molecule has 0 spiro atoms. The molecule has 1 atom stereocenters. The van der Waals surface area contributed by atoms with Crippen LogP contribution in [0, 0.1) is 0 Å². The van der Waals surface area contributed by atoms with E-state index >= 15 is 0 Å². The highest BCUT2D eigenvalue weighted by atomic mass is 15.1. The lowest BCUT2D eigenvalue weighted by atomic mass is 9.74. The Balaban J connectivity index is 1.11. The smallest absolute Gasteiger partial charge is 0.0540 e. The second-order valence-electron chi connectivity index (χ2n) is 17.3. The van der Waals surface area contributed by atoms with E-state index in [0.717, 1.165) is 28.2 Å². The molecule has 1 heteroatoms. The molecule has 1 unspecified atom stereocenters. The zero-order valence-electron chi connectivity index (χ0n) is 36.2. The van der Waals surface area contributed by atoms with Gasteiger partial charge in [-0.25, -0.2) is 0 Å². The number of benzene rings is 11. The van der Waals surface area contributed by atoms with E-state index in [-0.39, 0.29) is 5.41 Å². The lowest BCUT2D eigenvalue weighted by Crippen LogP contribution is -2.22. The number of hydrogen-bond acceptors (Lipinski definition) is 1. The molecule has 12 rings (SSSR count). The van der Waals surface area contributed by atoms with E-state index in [1.165, 1.54) is 82.7 Å². The van der Waals surface area contributed by atoms with Crippen molar-refractivity contribution >= 4 is 38.6 Å². The molecule has 0 fully saturated rings. The average molecular weight is 828 g/mol. The maximum absolute atomic E-state index is 2.48. The quantitative estimate of drug-likeness (QED) is 0.138. The van der Waals surface area contributed by atoms with Crippen LogP contribution in [-0.4, -0.2) is 0 Å². The molecule has 1 aliphatic carbocycles. The molecule has 11 aromatic rings. The second kappa shape index (κ2) is 15.8. The summed E-state index contributed by atoms with van der Waals surface area (Å²) in [6.07, 6.45) is 0. The van der Waals surface area contributed by atoms with Crippen LogP contribution in [0.2, 0.25) is 0 Å². The number of fused-ring (bicyclic) bond motifs is 6. The summed E-state index contributed by atoms with van der Waals surface area (Å²) in [7, 11) is 0. The van der Waals surface area contributed by atoms with Crippen molar-refractivity contribution in [3.8, 4) is 55.6 Å². The van der Waals surface area contributed by atoms with Gasteiger partial charge >= 0.3 is 0 Å². The first-order valence-corrected chi connectivity index (χ1v) is 22.6. The number of anilines is 3. The molecule has 306 valence electrons. The van der Waals surface area contributed by atoms with E-state index in [4.69, 9.17) is 0 Å². The van der Waals surface area contributed by atoms with Crippen molar-refractivity contribution in [2.75, 3.05) is 4.90 Å². The summed E-state index contributed by atoms with van der Waals surface area (Å²) in [5, 5.41) is 4.98. The summed E-state index contributed by atoms with van der Waals surface area (Å²) in [6, 6.07) is 93.7. The first kappa shape index (κ1) is 38.4. The van der Waals surface area contributed by atoms with Crippen molar-refractivity contribution < 1.29 is 0 Å². The third-order valence-corrected chi connectivity index (χ3v) is 13.7. The van der Waals surface area contributed by atoms with Crippen LogP contribution in [0.5, 0.6) is 0 Å². The van der Waals surface area contributed by atoms with Gasteiger partial charge in [0.15, 0.2) is 0 Å². The van der Waals surface area contributed by atoms with Crippen LogP contribution < -0.4 is 4.90 Å². The number of hydrogen-bond donors (Lipinski definition) is 0. The fraction of sp³-hybridized carbons (Fsp3) is 0.0312. The summed E-state index contributed by atoms with van der Waals surface area (Å²) in [6.45, 7) is 2.40.